The fourth-order valence-corrected chi connectivity index (χ4v) is 5.57. The van der Waals surface area contributed by atoms with E-state index in [1.165, 1.54) is 4.90 Å². The zero-order chi connectivity index (χ0) is 18.9. The van der Waals surface area contributed by atoms with Gasteiger partial charge in [-0.1, -0.05) is 30.4 Å². The third-order valence-electron chi connectivity index (χ3n) is 6.92. The molecule has 0 radical (unpaired) electrons. The van der Waals surface area contributed by atoms with Crippen LogP contribution in [0.2, 0.25) is 0 Å². The van der Waals surface area contributed by atoms with E-state index in [2.05, 4.69) is 12.2 Å². The summed E-state index contributed by atoms with van der Waals surface area (Å²) >= 11 is 0. The van der Waals surface area contributed by atoms with Crippen LogP contribution in [0.1, 0.15) is 24.0 Å². The van der Waals surface area contributed by atoms with Gasteiger partial charge in [-0.15, -0.1) is 0 Å². The molecule has 1 heterocycles. The standard InChI is InChI=1S/C22H23NO4/c1-11-4-3-5-12(2)20(11)27-17(24)8-9-23-21(25)18-13-6-7-14(16-10-15(13)16)19(18)22(23)26/h3-7,13-16,18-19H,8-10H2,1-2H3/t13-,14-,15-,16+,18+,19+/m0/s1. The lowest BCUT2D eigenvalue weighted by atomic mass is 9.63. The summed E-state index contributed by atoms with van der Waals surface area (Å²) in [6.45, 7) is 3.90. The molecule has 6 atom stereocenters. The second-order valence-electron chi connectivity index (χ2n) is 8.43. The summed E-state index contributed by atoms with van der Waals surface area (Å²) in [5.41, 5.74) is 1.79. The second-order valence-corrected chi connectivity index (χ2v) is 8.43. The summed E-state index contributed by atoms with van der Waals surface area (Å²) in [7, 11) is 0. The highest BCUT2D eigenvalue weighted by atomic mass is 16.5. The van der Waals surface area contributed by atoms with Crippen LogP contribution in [0.15, 0.2) is 30.4 Å². The van der Waals surface area contributed by atoms with E-state index in [4.69, 9.17) is 4.74 Å². The molecule has 2 bridgehead atoms. The number of likely N-dealkylation sites (tertiary alicyclic amines) is 1. The topological polar surface area (TPSA) is 63.7 Å². The first-order valence-corrected chi connectivity index (χ1v) is 9.78. The normalized spacial score (nSPS) is 35.3. The minimum absolute atomic E-state index is 0.0281. The van der Waals surface area contributed by atoms with Crippen molar-refractivity contribution in [1.29, 1.82) is 0 Å². The fraction of sp³-hybridized carbons (Fsp3) is 0.500. The third-order valence-corrected chi connectivity index (χ3v) is 6.92. The zero-order valence-corrected chi connectivity index (χ0v) is 15.6. The van der Waals surface area contributed by atoms with E-state index in [0.29, 0.717) is 17.6 Å². The molecule has 5 aliphatic rings. The van der Waals surface area contributed by atoms with Crippen molar-refractivity contribution in [2.24, 2.45) is 35.5 Å². The number of amides is 2. The Bertz CT molecular complexity index is 832. The number of ether oxygens (including phenoxy) is 1. The Hall–Kier alpha value is -2.43. The van der Waals surface area contributed by atoms with Crippen LogP contribution in [-0.2, 0) is 14.4 Å². The maximum absolute atomic E-state index is 12.9. The first kappa shape index (κ1) is 16.7. The number of carbonyl (C=O) groups is 3. The molecule has 5 heteroatoms. The average Bonchev–Trinajstić information content (AvgIpc) is 3.42. The number of nitrogens with zero attached hydrogens (tertiary/aromatic N) is 1. The lowest BCUT2D eigenvalue weighted by Crippen LogP contribution is -2.40. The van der Waals surface area contributed by atoms with Gasteiger partial charge in [-0.3, -0.25) is 19.3 Å². The molecule has 140 valence electrons. The van der Waals surface area contributed by atoms with E-state index in [-0.39, 0.29) is 48.5 Å². The maximum atomic E-state index is 12.9. The lowest BCUT2D eigenvalue weighted by molar-refractivity contribution is -0.141. The molecule has 1 aromatic carbocycles. The smallest absolute Gasteiger partial charge is 0.313 e. The average molecular weight is 365 g/mol. The van der Waals surface area contributed by atoms with Gasteiger partial charge in [-0.05, 0) is 55.1 Å². The van der Waals surface area contributed by atoms with E-state index >= 15 is 0 Å². The van der Waals surface area contributed by atoms with Gasteiger partial charge in [0.25, 0.3) is 0 Å². The van der Waals surface area contributed by atoms with Gasteiger partial charge in [0, 0.05) is 6.54 Å². The first-order valence-electron chi connectivity index (χ1n) is 9.78. The molecular formula is C22H23NO4. The van der Waals surface area contributed by atoms with Crippen molar-refractivity contribution in [1.82, 2.24) is 4.90 Å². The van der Waals surface area contributed by atoms with Crippen LogP contribution in [0, 0.1) is 49.4 Å². The predicted molar refractivity (Wildman–Crippen MR) is 97.6 cm³/mol. The Kier molecular flexibility index (Phi) is 3.58. The molecule has 1 aliphatic heterocycles. The molecule has 2 amide bonds. The molecule has 6 rings (SSSR count). The summed E-state index contributed by atoms with van der Waals surface area (Å²) in [5.74, 6) is 1.19. The molecule has 1 saturated heterocycles. The molecule has 0 spiro atoms. The molecular weight excluding hydrogens is 342 g/mol. The van der Waals surface area contributed by atoms with E-state index in [1.54, 1.807) is 0 Å². The van der Waals surface area contributed by atoms with Crippen LogP contribution in [0.3, 0.4) is 0 Å². The van der Waals surface area contributed by atoms with Gasteiger partial charge in [0.15, 0.2) is 0 Å². The van der Waals surface area contributed by atoms with Crippen LogP contribution in [-0.4, -0.2) is 29.2 Å². The number of allylic oxidation sites excluding steroid dienone is 2. The van der Waals surface area contributed by atoms with Gasteiger partial charge in [0.05, 0.1) is 18.3 Å². The number of esters is 1. The van der Waals surface area contributed by atoms with Crippen molar-refractivity contribution in [3.05, 3.63) is 41.5 Å². The number of para-hydroxylation sites is 1. The Labute approximate surface area is 158 Å². The highest BCUT2D eigenvalue weighted by Crippen LogP contribution is 2.65. The maximum Gasteiger partial charge on any atom is 0.313 e. The van der Waals surface area contributed by atoms with Gasteiger partial charge >= 0.3 is 5.97 Å². The summed E-state index contributed by atoms with van der Waals surface area (Å²) in [6.07, 6.45) is 5.49. The Morgan fingerprint density at radius 2 is 1.59 bits per heavy atom. The molecule has 0 unspecified atom stereocenters. The van der Waals surface area contributed by atoms with E-state index in [9.17, 15) is 14.4 Å². The monoisotopic (exact) mass is 365 g/mol. The summed E-state index contributed by atoms with van der Waals surface area (Å²) in [4.78, 5) is 39.4. The number of imide groups is 1. The van der Waals surface area contributed by atoms with Crippen LogP contribution < -0.4 is 4.74 Å². The van der Waals surface area contributed by atoms with Gasteiger partial charge in [-0.2, -0.15) is 0 Å². The van der Waals surface area contributed by atoms with E-state index in [1.807, 2.05) is 32.0 Å². The highest BCUT2D eigenvalue weighted by molar-refractivity contribution is 6.06. The molecule has 4 aliphatic carbocycles. The number of aryl methyl sites for hydroxylation is 2. The van der Waals surface area contributed by atoms with Crippen LogP contribution >= 0.6 is 0 Å². The number of carbonyl (C=O) groups excluding carboxylic acids is 3. The Morgan fingerprint density at radius 3 is 2.15 bits per heavy atom. The van der Waals surface area contributed by atoms with Crippen LogP contribution in [0.5, 0.6) is 5.75 Å². The lowest BCUT2D eigenvalue weighted by Gasteiger charge is -2.37. The number of hydrogen-bond donors (Lipinski definition) is 0. The Morgan fingerprint density at radius 1 is 1.04 bits per heavy atom. The minimum Gasteiger partial charge on any atom is -0.426 e. The molecule has 27 heavy (non-hydrogen) atoms. The Balaban J connectivity index is 1.26. The molecule has 0 aromatic heterocycles. The largest absolute Gasteiger partial charge is 0.426 e. The zero-order valence-electron chi connectivity index (χ0n) is 15.6. The van der Waals surface area contributed by atoms with E-state index in [0.717, 1.165) is 17.5 Å². The van der Waals surface area contributed by atoms with Crippen molar-refractivity contribution >= 4 is 17.8 Å². The number of hydrogen-bond acceptors (Lipinski definition) is 4. The summed E-state index contributed by atoms with van der Waals surface area (Å²) < 4.78 is 5.50. The quantitative estimate of drug-likeness (QED) is 0.356. The van der Waals surface area contributed by atoms with Crippen molar-refractivity contribution < 1.29 is 19.1 Å². The van der Waals surface area contributed by atoms with Gasteiger partial charge in [-0.25, -0.2) is 0 Å². The third kappa shape index (κ3) is 2.40. The molecule has 1 aromatic rings. The number of rotatable bonds is 4. The highest BCUT2D eigenvalue weighted by Gasteiger charge is 2.66. The summed E-state index contributed by atoms with van der Waals surface area (Å²) in [6, 6.07) is 5.70. The minimum atomic E-state index is -0.410. The molecule has 3 fully saturated rings. The molecule has 0 N–H and O–H groups in total. The number of benzene rings is 1. The SMILES string of the molecule is Cc1cccc(C)c1OC(=O)CCN1C(=O)[C@@H]2[C@H]3C=C[C@@H]([C@@H]4C[C@H]34)[C@H]2C1=O. The fourth-order valence-electron chi connectivity index (χ4n) is 5.57. The van der Waals surface area contributed by atoms with Crippen LogP contribution in [0.4, 0.5) is 0 Å². The first-order chi connectivity index (χ1) is 13.0. The van der Waals surface area contributed by atoms with Crippen molar-refractivity contribution in [2.45, 2.75) is 26.7 Å². The van der Waals surface area contributed by atoms with Gasteiger partial charge in [0.1, 0.15) is 5.75 Å². The van der Waals surface area contributed by atoms with Crippen LogP contribution in [0.25, 0.3) is 0 Å². The van der Waals surface area contributed by atoms with Gasteiger partial charge in [0.2, 0.25) is 11.8 Å². The summed E-state index contributed by atoms with van der Waals surface area (Å²) in [5, 5.41) is 0. The molecule has 5 nitrogen and oxygen atoms in total. The van der Waals surface area contributed by atoms with Gasteiger partial charge < -0.3 is 4.74 Å². The second kappa shape index (κ2) is 5.78. The predicted octanol–water partition coefficient (Wildman–Crippen LogP) is 2.65. The van der Waals surface area contributed by atoms with E-state index < -0.39 is 5.97 Å². The van der Waals surface area contributed by atoms with Crippen molar-refractivity contribution in [2.75, 3.05) is 6.54 Å². The van der Waals surface area contributed by atoms with Crippen molar-refractivity contribution in [3.63, 3.8) is 0 Å². The molecule has 2 saturated carbocycles. The van der Waals surface area contributed by atoms with Crippen molar-refractivity contribution in [3.8, 4) is 5.75 Å².